The predicted octanol–water partition coefficient (Wildman–Crippen LogP) is 2.32. The highest BCUT2D eigenvalue weighted by atomic mass is 16.5. The van der Waals surface area contributed by atoms with E-state index in [0.717, 1.165) is 11.3 Å². The Labute approximate surface area is 113 Å². The summed E-state index contributed by atoms with van der Waals surface area (Å²) in [6.45, 7) is 4.83. The van der Waals surface area contributed by atoms with Gasteiger partial charge in [0.2, 0.25) is 0 Å². The molecule has 0 aliphatic carbocycles. The third-order valence-corrected chi connectivity index (χ3v) is 3.91. The SMILES string of the molecule is COc1ccc(C2(C(C(=O)O)C(C)C)COC2)cc1. The molecule has 1 fully saturated rings. The topological polar surface area (TPSA) is 55.8 Å². The molecule has 1 heterocycles. The van der Waals surface area contributed by atoms with Crippen LogP contribution in [0.4, 0.5) is 0 Å². The molecule has 1 saturated heterocycles. The molecule has 1 aromatic rings. The third kappa shape index (κ3) is 2.32. The summed E-state index contributed by atoms with van der Waals surface area (Å²) in [7, 11) is 1.62. The molecule has 104 valence electrons. The van der Waals surface area contributed by atoms with Crippen molar-refractivity contribution in [2.75, 3.05) is 20.3 Å². The highest BCUT2D eigenvalue weighted by molar-refractivity contribution is 5.73. The minimum absolute atomic E-state index is 0.0588. The van der Waals surface area contributed by atoms with Crippen LogP contribution in [0.1, 0.15) is 19.4 Å². The second kappa shape index (κ2) is 5.21. The molecule has 0 aromatic heterocycles. The average molecular weight is 264 g/mol. The van der Waals surface area contributed by atoms with Crippen molar-refractivity contribution in [2.45, 2.75) is 19.3 Å². The summed E-state index contributed by atoms with van der Waals surface area (Å²) in [5.41, 5.74) is 0.604. The lowest BCUT2D eigenvalue weighted by atomic mass is 9.64. The lowest BCUT2D eigenvalue weighted by Gasteiger charge is -2.47. The predicted molar refractivity (Wildman–Crippen MR) is 71.5 cm³/mol. The molecule has 1 unspecified atom stereocenters. The number of rotatable bonds is 5. The lowest BCUT2D eigenvalue weighted by molar-refractivity contribution is -0.161. The van der Waals surface area contributed by atoms with Gasteiger partial charge in [0.05, 0.1) is 31.7 Å². The van der Waals surface area contributed by atoms with Gasteiger partial charge in [-0.1, -0.05) is 26.0 Å². The van der Waals surface area contributed by atoms with Crippen LogP contribution < -0.4 is 4.74 Å². The number of ether oxygens (including phenoxy) is 2. The third-order valence-electron chi connectivity index (χ3n) is 3.91. The molecule has 2 rings (SSSR count). The van der Waals surface area contributed by atoms with Crippen molar-refractivity contribution in [2.24, 2.45) is 11.8 Å². The molecule has 0 spiro atoms. The molecular formula is C15H20O4. The highest BCUT2D eigenvalue weighted by Crippen LogP contribution is 2.43. The standard InChI is InChI=1S/C15H20O4/c1-10(2)13(14(16)17)15(8-19-9-15)11-4-6-12(18-3)7-5-11/h4-7,10,13H,8-9H2,1-3H3,(H,16,17). The molecule has 0 radical (unpaired) electrons. The van der Waals surface area contributed by atoms with E-state index in [1.165, 1.54) is 0 Å². The Bertz CT molecular complexity index is 446. The Balaban J connectivity index is 2.38. The summed E-state index contributed by atoms with van der Waals surface area (Å²) in [5, 5.41) is 9.53. The van der Waals surface area contributed by atoms with Gasteiger partial charge in [-0.05, 0) is 23.6 Å². The Morgan fingerprint density at radius 2 is 1.89 bits per heavy atom. The van der Waals surface area contributed by atoms with Gasteiger partial charge in [0.25, 0.3) is 0 Å². The quantitative estimate of drug-likeness (QED) is 0.886. The Morgan fingerprint density at radius 3 is 2.21 bits per heavy atom. The summed E-state index contributed by atoms with van der Waals surface area (Å²) >= 11 is 0. The largest absolute Gasteiger partial charge is 0.497 e. The van der Waals surface area contributed by atoms with Crippen LogP contribution in [0, 0.1) is 11.8 Å². The summed E-state index contributed by atoms with van der Waals surface area (Å²) in [6.07, 6.45) is 0. The number of carboxylic acids is 1. The van der Waals surface area contributed by atoms with E-state index >= 15 is 0 Å². The van der Waals surface area contributed by atoms with Gasteiger partial charge in [-0.2, -0.15) is 0 Å². The summed E-state index contributed by atoms with van der Waals surface area (Å²) < 4.78 is 10.5. The number of carboxylic acid groups (broad SMARTS) is 1. The van der Waals surface area contributed by atoms with Crippen molar-refractivity contribution in [3.05, 3.63) is 29.8 Å². The second-order valence-corrected chi connectivity index (χ2v) is 5.44. The molecular weight excluding hydrogens is 244 g/mol. The normalized spacial score (nSPS) is 18.7. The smallest absolute Gasteiger partial charge is 0.307 e. The van der Waals surface area contributed by atoms with Gasteiger partial charge >= 0.3 is 5.97 Å². The molecule has 1 aromatic carbocycles. The van der Waals surface area contributed by atoms with E-state index in [2.05, 4.69) is 0 Å². The highest BCUT2D eigenvalue weighted by Gasteiger charge is 2.51. The Kier molecular flexibility index (Phi) is 3.80. The van der Waals surface area contributed by atoms with E-state index in [1.807, 2.05) is 38.1 Å². The number of benzene rings is 1. The van der Waals surface area contributed by atoms with E-state index in [0.29, 0.717) is 13.2 Å². The molecule has 0 saturated carbocycles. The van der Waals surface area contributed by atoms with E-state index < -0.39 is 17.3 Å². The maximum atomic E-state index is 11.6. The molecule has 1 aliphatic rings. The van der Waals surface area contributed by atoms with Crippen molar-refractivity contribution in [3.8, 4) is 5.75 Å². The summed E-state index contributed by atoms with van der Waals surface area (Å²) in [4.78, 5) is 11.6. The maximum absolute atomic E-state index is 11.6. The van der Waals surface area contributed by atoms with Crippen LogP contribution in [0.2, 0.25) is 0 Å². The van der Waals surface area contributed by atoms with Gasteiger partial charge < -0.3 is 14.6 Å². The van der Waals surface area contributed by atoms with Gasteiger partial charge in [-0.15, -0.1) is 0 Å². The zero-order valence-corrected chi connectivity index (χ0v) is 11.6. The average Bonchev–Trinajstić information content (AvgIpc) is 2.32. The van der Waals surface area contributed by atoms with Crippen LogP contribution >= 0.6 is 0 Å². The number of carbonyl (C=O) groups is 1. The molecule has 0 amide bonds. The van der Waals surface area contributed by atoms with Crippen LogP contribution in [0.25, 0.3) is 0 Å². The first-order valence-electron chi connectivity index (χ1n) is 6.46. The first-order valence-corrected chi connectivity index (χ1v) is 6.46. The minimum Gasteiger partial charge on any atom is -0.497 e. The fraction of sp³-hybridized carbons (Fsp3) is 0.533. The van der Waals surface area contributed by atoms with Crippen molar-refractivity contribution >= 4 is 5.97 Å². The van der Waals surface area contributed by atoms with Crippen molar-refractivity contribution in [1.29, 1.82) is 0 Å². The molecule has 4 nitrogen and oxygen atoms in total. The van der Waals surface area contributed by atoms with Crippen LogP contribution in [-0.2, 0) is 14.9 Å². The van der Waals surface area contributed by atoms with Crippen LogP contribution in [0.15, 0.2) is 24.3 Å². The summed E-state index contributed by atoms with van der Waals surface area (Å²) in [6, 6.07) is 7.63. The Morgan fingerprint density at radius 1 is 1.32 bits per heavy atom. The van der Waals surface area contributed by atoms with E-state index in [9.17, 15) is 9.90 Å². The van der Waals surface area contributed by atoms with Crippen LogP contribution in [-0.4, -0.2) is 31.4 Å². The monoisotopic (exact) mass is 264 g/mol. The fourth-order valence-corrected chi connectivity index (χ4v) is 2.93. The number of hydrogen-bond acceptors (Lipinski definition) is 3. The molecule has 1 aliphatic heterocycles. The summed E-state index contributed by atoms with van der Waals surface area (Å²) in [5.74, 6) is -0.358. The second-order valence-electron chi connectivity index (χ2n) is 5.44. The first kappa shape index (κ1) is 13.9. The number of hydrogen-bond donors (Lipinski definition) is 1. The Hall–Kier alpha value is -1.55. The minimum atomic E-state index is -0.755. The molecule has 0 bridgehead atoms. The van der Waals surface area contributed by atoms with Gasteiger partial charge in [0.1, 0.15) is 5.75 Å². The lowest BCUT2D eigenvalue weighted by Crippen LogP contribution is -2.56. The van der Waals surface area contributed by atoms with Crippen molar-refractivity contribution in [3.63, 3.8) is 0 Å². The van der Waals surface area contributed by atoms with Crippen LogP contribution in [0.3, 0.4) is 0 Å². The first-order chi connectivity index (χ1) is 9.01. The van der Waals surface area contributed by atoms with Gasteiger partial charge in [-0.25, -0.2) is 0 Å². The van der Waals surface area contributed by atoms with Crippen molar-refractivity contribution < 1.29 is 19.4 Å². The van der Waals surface area contributed by atoms with Gasteiger partial charge in [0, 0.05) is 0 Å². The van der Waals surface area contributed by atoms with Crippen molar-refractivity contribution in [1.82, 2.24) is 0 Å². The zero-order chi connectivity index (χ0) is 14.0. The van der Waals surface area contributed by atoms with E-state index in [1.54, 1.807) is 7.11 Å². The van der Waals surface area contributed by atoms with Gasteiger partial charge in [0.15, 0.2) is 0 Å². The fourth-order valence-electron chi connectivity index (χ4n) is 2.93. The number of aliphatic carboxylic acids is 1. The van der Waals surface area contributed by atoms with Gasteiger partial charge in [-0.3, -0.25) is 4.79 Å². The molecule has 19 heavy (non-hydrogen) atoms. The maximum Gasteiger partial charge on any atom is 0.307 e. The van der Waals surface area contributed by atoms with Crippen LogP contribution in [0.5, 0.6) is 5.75 Å². The van der Waals surface area contributed by atoms with E-state index in [4.69, 9.17) is 9.47 Å². The molecule has 1 N–H and O–H groups in total. The number of methoxy groups -OCH3 is 1. The molecule has 1 atom stereocenters. The zero-order valence-electron chi connectivity index (χ0n) is 11.6. The van der Waals surface area contributed by atoms with E-state index in [-0.39, 0.29) is 5.92 Å². The molecule has 4 heteroatoms.